The van der Waals surface area contributed by atoms with E-state index in [-0.39, 0.29) is 38.0 Å². The quantitative estimate of drug-likeness (QED) is 0.319. The number of benzene rings is 3. The largest absolute Gasteiger partial charge is 0.364 e. The molecule has 2 N–H and O–H groups in total. The predicted molar refractivity (Wildman–Crippen MR) is 118 cm³/mol. The maximum Gasteiger partial charge on any atom is 0.364 e. The minimum Gasteiger partial charge on any atom is -0.354 e. The number of pyridine rings is 2. The van der Waals surface area contributed by atoms with Gasteiger partial charge in [-0.15, -0.1) is 0 Å². The summed E-state index contributed by atoms with van der Waals surface area (Å²) in [6.45, 7) is 3.47. The van der Waals surface area contributed by atoms with Crippen LogP contribution in [0.5, 0.6) is 0 Å². The molecule has 0 amide bonds. The van der Waals surface area contributed by atoms with Gasteiger partial charge >= 0.3 is 10.3 Å². The van der Waals surface area contributed by atoms with E-state index in [2.05, 4.69) is 4.98 Å². The van der Waals surface area contributed by atoms with E-state index in [1.54, 1.807) is 50.2 Å². The summed E-state index contributed by atoms with van der Waals surface area (Å²) in [4.78, 5) is 29.4. The fourth-order valence-electron chi connectivity index (χ4n) is 4.06. The third-order valence-electron chi connectivity index (χ3n) is 5.67. The van der Waals surface area contributed by atoms with Gasteiger partial charge in [0.05, 0.1) is 16.6 Å². The lowest BCUT2D eigenvalue weighted by atomic mass is 10.0. The number of para-hydroxylation sites is 1. The molecule has 0 radical (unpaired) electrons. The molecule has 0 saturated carbocycles. The summed E-state index contributed by atoms with van der Waals surface area (Å²) in [7, 11) is -4.77. The smallest absolute Gasteiger partial charge is 0.354 e. The summed E-state index contributed by atoms with van der Waals surface area (Å²) in [5, 5.41) is 0.924. The zero-order chi connectivity index (χ0) is 21.4. The molecule has 0 atom stereocenters. The normalized spacial score (nSPS) is 12.4. The summed E-state index contributed by atoms with van der Waals surface area (Å²) in [6.07, 6.45) is 0. The van der Waals surface area contributed by atoms with Gasteiger partial charge in [0.15, 0.2) is 10.9 Å². The maximum absolute atomic E-state index is 13.2. The molecule has 2 heterocycles. The van der Waals surface area contributed by atoms with E-state index in [0.717, 1.165) is 9.54 Å². The van der Waals surface area contributed by atoms with Crippen molar-refractivity contribution in [3.05, 3.63) is 80.1 Å². The van der Waals surface area contributed by atoms with Gasteiger partial charge in [-0.3, -0.25) is 14.1 Å². The van der Waals surface area contributed by atoms with Crippen LogP contribution in [0.3, 0.4) is 0 Å². The molecule has 0 unspecified atom stereocenters. The van der Waals surface area contributed by atoms with E-state index in [1.165, 1.54) is 12.1 Å². The Hall–Kier alpha value is -3.49. The van der Waals surface area contributed by atoms with Crippen LogP contribution in [0, 0.1) is 13.8 Å². The molecule has 0 aliphatic carbocycles. The van der Waals surface area contributed by atoms with Crippen molar-refractivity contribution < 1.29 is 13.0 Å². The number of nitrogens with zero attached hydrogens (tertiary/aromatic N) is 1. The van der Waals surface area contributed by atoms with Crippen LogP contribution < -0.4 is 10.9 Å². The van der Waals surface area contributed by atoms with Crippen molar-refractivity contribution in [3.63, 3.8) is 0 Å². The van der Waals surface area contributed by atoms with Crippen molar-refractivity contribution in [2.45, 2.75) is 13.8 Å². The molecule has 0 bridgehead atoms. The van der Waals surface area contributed by atoms with Crippen LogP contribution in [-0.2, 0) is 10.3 Å². The highest BCUT2D eigenvalue weighted by atomic mass is 32.2. The van der Waals surface area contributed by atoms with Crippen LogP contribution in [0.4, 0.5) is 0 Å². The number of hydrogen-bond donors (Lipinski definition) is 2. The Labute approximate surface area is 170 Å². The number of nitrogens with one attached hydrogen (secondary N) is 1. The first kappa shape index (κ1) is 18.5. The molecule has 0 fully saturated rings. The first-order valence-corrected chi connectivity index (χ1v) is 10.6. The van der Waals surface area contributed by atoms with E-state index >= 15 is 0 Å². The van der Waals surface area contributed by atoms with Crippen molar-refractivity contribution in [3.8, 4) is 0 Å². The molecule has 0 spiro atoms. The Balaban J connectivity index is 2.15. The highest BCUT2D eigenvalue weighted by Gasteiger charge is 2.22. The number of rotatable bonds is 1. The molecule has 30 heavy (non-hydrogen) atoms. The van der Waals surface area contributed by atoms with E-state index in [0.29, 0.717) is 22.0 Å². The fourth-order valence-corrected chi connectivity index (χ4v) is 4.93. The zero-order valence-electron chi connectivity index (χ0n) is 16.1. The number of aromatic amines is 1. The van der Waals surface area contributed by atoms with Crippen molar-refractivity contribution in [1.29, 1.82) is 0 Å². The molecule has 0 aliphatic heterocycles. The Kier molecular flexibility index (Phi) is 3.71. The molecular weight excluding hydrogens is 404 g/mol. The van der Waals surface area contributed by atoms with Crippen LogP contribution in [-0.4, -0.2) is 21.9 Å². The molecule has 5 rings (SSSR count). The van der Waals surface area contributed by atoms with Crippen molar-refractivity contribution in [2.24, 2.45) is 0 Å². The molecule has 5 aromatic rings. The number of aromatic nitrogens is 2. The number of hydrogen-bond acceptors (Lipinski definition) is 4. The molecule has 0 saturated heterocycles. The van der Waals surface area contributed by atoms with Gasteiger partial charge in [0.2, 0.25) is 0 Å². The molecule has 7 nitrogen and oxygen atoms in total. The summed E-state index contributed by atoms with van der Waals surface area (Å²) in [5.41, 5.74) is 1.73. The van der Waals surface area contributed by atoms with Gasteiger partial charge < -0.3 is 4.98 Å². The van der Waals surface area contributed by atoms with Crippen LogP contribution in [0.2, 0.25) is 0 Å². The molecule has 150 valence electrons. The molecule has 0 aliphatic rings. The van der Waals surface area contributed by atoms with Crippen LogP contribution >= 0.6 is 0 Å². The Bertz CT molecular complexity index is 1780. The first-order valence-electron chi connectivity index (χ1n) is 9.20. The second-order valence-electron chi connectivity index (χ2n) is 7.39. The Morgan fingerprint density at radius 1 is 0.833 bits per heavy atom. The van der Waals surface area contributed by atoms with Gasteiger partial charge in [0.1, 0.15) is 0 Å². The summed E-state index contributed by atoms with van der Waals surface area (Å²) >= 11 is 0. The van der Waals surface area contributed by atoms with Gasteiger partial charge in [-0.2, -0.15) is 8.42 Å². The van der Waals surface area contributed by atoms with Gasteiger partial charge in [-0.05, 0) is 55.3 Å². The minimum atomic E-state index is -4.77. The zero-order valence-corrected chi connectivity index (χ0v) is 16.9. The molecule has 8 heteroatoms. The number of fused-ring (bicyclic) bond motifs is 4. The Morgan fingerprint density at radius 2 is 1.53 bits per heavy atom. The lowest BCUT2D eigenvalue weighted by molar-refractivity contribution is 0.476. The van der Waals surface area contributed by atoms with Crippen LogP contribution in [0.15, 0.2) is 58.1 Å². The number of aryl methyl sites for hydroxylation is 2. The van der Waals surface area contributed by atoms with Gasteiger partial charge in [0, 0.05) is 27.1 Å². The molecular formula is C22H16N2O5S. The average molecular weight is 420 g/mol. The highest BCUT2D eigenvalue weighted by molar-refractivity contribution is 7.84. The van der Waals surface area contributed by atoms with Crippen molar-refractivity contribution >= 4 is 53.9 Å². The first-order chi connectivity index (χ1) is 14.2. The van der Waals surface area contributed by atoms with E-state index in [4.69, 9.17) is 0 Å². The summed E-state index contributed by atoms with van der Waals surface area (Å²) < 4.78 is 35.6. The predicted octanol–water partition coefficient (Wildman–Crippen LogP) is 3.42. The maximum atomic E-state index is 13.2. The fraction of sp³-hybridized carbons (Fsp3) is 0.0909. The summed E-state index contributed by atoms with van der Waals surface area (Å²) in [5.74, 6) is 0. The van der Waals surface area contributed by atoms with Gasteiger partial charge in [0.25, 0.3) is 0 Å². The average Bonchev–Trinajstić information content (AvgIpc) is 2.70. The molecule has 2 aromatic heterocycles. The second kappa shape index (κ2) is 6.01. The van der Waals surface area contributed by atoms with Crippen LogP contribution in [0.25, 0.3) is 43.6 Å². The second-order valence-corrected chi connectivity index (χ2v) is 8.65. The summed E-state index contributed by atoms with van der Waals surface area (Å²) in [6, 6.07) is 13.0. The van der Waals surface area contributed by atoms with E-state index in [9.17, 15) is 22.6 Å². The lowest BCUT2D eigenvalue weighted by Crippen LogP contribution is -2.19. The third-order valence-corrected chi connectivity index (χ3v) is 6.51. The highest BCUT2D eigenvalue weighted by Crippen LogP contribution is 2.28. The third kappa shape index (κ3) is 2.44. The standard InChI is InChI=1S/C22H16N2O5S/c1-11-7-8-14-20(12(11)2)24(30(27,28)29)19-10-15-18(9-16(19)22(14)26)23-17-6-4-3-5-13(17)21(15)25/h3-10H,1-2H3,(H,23,25)(H,27,28,29). The SMILES string of the molecule is Cc1ccc2c(=O)c3cc4[nH]c5ccccc5c(=O)c4cc3n(S(=O)(=O)O)c2c1C. The van der Waals surface area contributed by atoms with Crippen molar-refractivity contribution in [2.75, 3.05) is 0 Å². The van der Waals surface area contributed by atoms with E-state index < -0.39 is 10.3 Å². The number of H-pyrrole nitrogens is 1. The van der Waals surface area contributed by atoms with Crippen molar-refractivity contribution in [1.82, 2.24) is 8.96 Å². The van der Waals surface area contributed by atoms with Crippen LogP contribution in [0.1, 0.15) is 11.1 Å². The minimum absolute atomic E-state index is 0.0445. The monoisotopic (exact) mass is 420 g/mol. The van der Waals surface area contributed by atoms with E-state index in [1.807, 2.05) is 0 Å². The topological polar surface area (TPSA) is 109 Å². The van der Waals surface area contributed by atoms with Gasteiger partial charge in [-0.1, -0.05) is 18.2 Å². The van der Waals surface area contributed by atoms with Gasteiger partial charge in [-0.25, -0.2) is 3.97 Å². The lowest BCUT2D eigenvalue weighted by Gasteiger charge is -2.16. The molecule has 3 aromatic carbocycles. The Morgan fingerprint density at radius 3 is 2.27 bits per heavy atom.